The Labute approximate surface area is 166 Å². The number of nitrogens with zero attached hydrogens (tertiary/aromatic N) is 2. The number of para-hydroxylation sites is 1. The van der Waals surface area contributed by atoms with Crippen LogP contribution in [-0.4, -0.2) is 16.9 Å². The highest BCUT2D eigenvalue weighted by Crippen LogP contribution is 2.33. The second-order valence-corrected chi connectivity index (χ2v) is 7.14. The van der Waals surface area contributed by atoms with Gasteiger partial charge in [-0.05, 0) is 49.2 Å². The van der Waals surface area contributed by atoms with E-state index in [0.717, 1.165) is 16.8 Å². The summed E-state index contributed by atoms with van der Waals surface area (Å²) in [4.78, 5) is 30.4. The maximum Gasteiger partial charge on any atom is 0.338 e. The first-order valence-corrected chi connectivity index (χ1v) is 9.49. The predicted octanol–water partition coefficient (Wildman–Crippen LogP) is 4.94. The maximum absolute atomic E-state index is 12.9. The molecule has 0 radical (unpaired) electrons. The summed E-state index contributed by atoms with van der Waals surface area (Å²) in [5.41, 5.74) is 3.54. The molecule has 2 aromatic carbocycles. The number of aryl methyl sites for hydroxylation is 2. The lowest BCUT2D eigenvalue weighted by molar-refractivity contribution is -0.115. The van der Waals surface area contributed by atoms with E-state index in [0.29, 0.717) is 10.8 Å². The predicted molar refractivity (Wildman–Crippen MR) is 106 cm³/mol. The summed E-state index contributed by atoms with van der Waals surface area (Å²) in [6.45, 7) is 5.33. The molecule has 0 N–H and O–H groups in total. The fourth-order valence-corrected chi connectivity index (χ4v) is 3.68. The molecular weight excluding hydrogens is 379 g/mol. The summed E-state index contributed by atoms with van der Waals surface area (Å²) in [5.74, 6) is -1.13. The number of esters is 1. The van der Waals surface area contributed by atoms with Gasteiger partial charge >= 0.3 is 5.97 Å². The minimum absolute atomic E-state index is 0.0365. The van der Waals surface area contributed by atoms with E-state index in [1.807, 2.05) is 32.0 Å². The van der Waals surface area contributed by atoms with Gasteiger partial charge in [-0.1, -0.05) is 18.2 Å². The number of carbonyl (C=O) groups excluding carboxylic acids is 2. The van der Waals surface area contributed by atoms with Gasteiger partial charge < -0.3 is 4.74 Å². The molecule has 0 bridgehead atoms. The summed E-state index contributed by atoms with van der Waals surface area (Å²) in [5, 5.41) is 2.26. The van der Waals surface area contributed by atoms with Crippen LogP contribution in [0.3, 0.4) is 0 Å². The molecule has 0 unspecified atom stereocenters. The number of amides is 1. The molecular formula is C21H19FN2O3S. The van der Waals surface area contributed by atoms with Gasteiger partial charge in [-0.25, -0.2) is 14.2 Å². The molecule has 3 rings (SSSR count). The number of aromatic nitrogens is 1. The van der Waals surface area contributed by atoms with Crippen LogP contribution in [0.4, 0.5) is 15.2 Å². The average Bonchev–Trinajstić information content (AvgIpc) is 3.11. The fraction of sp³-hybridized carbons (Fsp3) is 0.190. The van der Waals surface area contributed by atoms with Crippen molar-refractivity contribution in [3.8, 4) is 0 Å². The number of hydrogen-bond acceptors (Lipinski definition) is 5. The Balaban J connectivity index is 1.77. The van der Waals surface area contributed by atoms with Gasteiger partial charge in [0.1, 0.15) is 12.4 Å². The first-order chi connectivity index (χ1) is 13.4. The van der Waals surface area contributed by atoms with Gasteiger partial charge in [-0.2, -0.15) is 0 Å². The first-order valence-electron chi connectivity index (χ1n) is 8.61. The van der Waals surface area contributed by atoms with Crippen molar-refractivity contribution in [3.05, 3.63) is 76.0 Å². The number of rotatable bonds is 5. The highest BCUT2D eigenvalue weighted by atomic mass is 32.1. The van der Waals surface area contributed by atoms with Crippen LogP contribution in [-0.2, 0) is 16.1 Å². The third kappa shape index (κ3) is 4.26. The van der Waals surface area contributed by atoms with E-state index in [-0.39, 0.29) is 18.1 Å². The number of ether oxygens (including phenoxy) is 1. The van der Waals surface area contributed by atoms with Crippen LogP contribution in [0.1, 0.15) is 34.1 Å². The second kappa shape index (κ2) is 8.31. The number of thiazole rings is 1. The zero-order valence-electron chi connectivity index (χ0n) is 15.7. The Bertz CT molecular complexity index is 994. The molecule has 0 saturated carbocycles. The third-order valence-corrected chi connectivity index (χ3v) is 5.01. The van der Waals surface area contributed by atoms with Crippen molar-refractivity contribution in [2.45, 2.75) is 27.4 Å². The monoisotopic (exact) mass is 398 g/mol. The minimum atomic E-state index is -0.562. The normalized spacial score (nSPS) is 10.6. The Morgan fingerprint density at radius 3 is 2.36 bits per heavy atom. The molecule has 1 heterocycles. The molecule has 7 heteroatoms. The summed E-state index contributed by atoms with van der Waals surface area (Å²) in [6.07, 6.45) is 0. The van der Waals surface area contributed by atoms with Crippen molar-refractivity contribution in [2.75, 3.05) is 4.90 Å². The lowest BCUT2D eigenvalue weighted by Crippen LogP contribution is -2.24. The first kappa shape index (κ1) is 19.7. The minimum Gasteiger partial charge on any atom is -0.456 e. The van der Waals surface area contributed by atoms with E-state index in [1.165, 1.54) is 42.5 Å². The van der Waals surface area contributed by atoms with Crippen LogP contribution in [0.25, 0.3) is 0 Å². The van der Waals surface area contributed by atoms with Gasteiger partial charge in [-0.3, -0.25) is 9.69 Å². The Hall–Kier alpha value is -3.06. The molecule has 0 aliphatic heterocycles. The van der Waals surface area contributed by atoms with Gasteiger partial charge in [0, 0.05) is 12.3 Å². The van der Waals surface area contributed by atoms with Gasteiger partial charge in [0.25, 0.3) is 0 Å². The molecule has 1 aromatic heterocycles. The molecule has 5 nitrogen and oxygen atoms in total. The lowest BCUT2D eigenvalue weighted by Gasteiger charge is -2.22. The smallest absolute Gasteiger partial charge is 0.338 e. The molecule has 0 atom stereocenters. The fourth-order valence-electron chi connectivity index (χ4n) is 2.82. The van der Waals surface area contributed by atoms with E-state index >= 15 is 0 Å². The van der Waals surface area contributed by atoms with Crippen LogP contribution in [0.2, 0.25) is 0 Å². The molecule has 3 aromatic rings. The molecule has 0 fully saturated rings. The maximum atomic E-state index is 12.9. The standard InChI is InChI=1S/C21H19FN2O3S/c1-13-5-4-6-14(2)19(13)24(15(3)25)21-23-18(12-28-21)11-27-20(26)16-7-9-17(22)10-8-16/h4-10,12H,11H2,1-3H3. The van der Waals surface area contributed by atoms with E-state index in [4.69, 9.17) is 4.74 Å². The summed E-state index contributed by atoms with van der Waals surface area (Å²) in [7, 11) is 0. The lowest BCUT2D eigenvalue weighted by atomic mass is 10.1. The third-order valence-electron chi connectivity index (χ3n) is 4.14. The van der Waals surface area contributed by atoms with Crippen molar-refractivity contribution in [1.29, 1.82) is 0 Å². The molecule has 0 aliphatic carbocycles. The molecule has 1 amide bonds. The van der Waals surface area contributed by atoms with E-state index in [2.05, 4.69) is 4.98 Å². The molecule has 0 aliphatic rings. The molecule has 28 heavy (non-hydrogen) atoms. The van der Waals surface area contributed by atoms with Gasteiger partial charge in [0.15, 0.2) is 5.13 Å². The molecule has 0 saturated heterocycles. The topological polar surface area (TPSA) is 59.5 Å². The summed E-state index contributed by atoms with van der Waals surface area (Å²) >= 11 is 1.30. The highest BCUT2D eigenvalue weighted by Gasteiger charge is 2.21. The Kier molecular flexibility index (Phi) is 5.84. The summed E-state index contributed by atoms with van der Waals surface area (Å²) in [6, 6.07) is 11.0. The van der Waals surface area contributed by atoms with Crippen molar-refractivity contribution in [3.63, 3.8) is 0 Å². The van der Waals surface area contributed by atoms with E-state index < -0.39 is 11.8 Å². The second-order valence-electron chi connectivity index (χ2n) is 6.30. The zero-order chi connectivity index (χ0) is 20.3. The van der Waals surface area contributed by atoms with Crippen LogP contribution in [0, 0.1) is 19.7 Å². The Morgan fingerprint density at radius 1 is 1.11 bits per heavy atom. The number of anilines is 2. The van der Waals surface area contributed by atoms with Crippen LogP contribution in [0.15, 0.2) is 47.8 Å². The quantitative estimate of drug-likeness (QED) is 0.571. The number of hydrogen-bond donors (Lipinski definition) is 0. The summed E-state index contributed by atoms with van der Waals surface area (Å²) < 4.78 is 18.2. The SMILES string of the molecule is CC(=O)N(c1nc(COC(=O)c2ccc(F)cc2)cs1)c1c(C)cccc1C. The zero-order valence-corrected chi connectivity index (χ0v) is 16.5. The van der Waals surface area contributed by atoms with Crippen LogP contribution >= 0.6 is 11.3 Å². The van der Waals surface area contributed by atoms with Gasteiger partial charge in [-0.15, -0.1) is 11.3 Å². The number of benzene rings is 2. The van der Waals surface area contributed by atoms with Gasteiger partial charge in [0.05, 0.1) is 16.9 Å². The van der Waals surface area contributed by atoms with Crippen LogP contribution < -0.4 is 4.90 Å². The van der Waals surface area contributed by atoms with E-state index in [1.54, 1.807) is 10.3 Å². The largest absolute Gasteiger partial charge is 0.456 e. The van der Waals surface area contributed by atoms with Crippen molar-refractivity contribution in [2.24, 2.45) is 0 Å². The van der Waals surface area contributed by atoms with E-state index in [9.17, 15) is 14.0 Å². The molecule has 144 valence electrons. The average molecular weight is 398 g/mol. The van der Waals surface area contributed by atoms with Gasteiger partial charge in [0.2, 0.25) is 5.91 Å². The van der Waals surface area contributed by atoms with Crippen molar-refractivity contribution < 1.29 is 18.7 Å². The van der Waals surface area contributed by atoms with Crippen LogP contribution in [0.5, 0.6) is 0 Å². The number of halogens is 1. The van der Waals surface area contributed by atoms with Crippen molar-refractivity contribution >= 4 is 34.0 Å². The number of carbonyl (C=O) groups is 2. The Morgan fingerprint density at radius 2 is 1.75 bits per heavy atom. The van der Waals surface area contributed by atoms with Crippen molar-refractivity contribution in [1.82, 2.24) is 4.98 Å². The highest BCUT2D eigenvalue weighted by molar-refractivity contribution is 7.14. The molecule has 0 spiro atoms.